The number of piperidine rings is 3. The van der Waals surface area contributed by atoms with E-state index >= 15 is 0 Å². The zero-order chi connectivity index (χ0) is 19.3. The molecule has 4 fully saturated rings. The highest BCUT2D eigenvalue weighted by molar-refractivity contribution is 5.93. The van der Waals surface area contributed by atoms with Crippen LogP contribution >= 0.6 is 0 Å². The summed E-state index contributed by atoms with van der Waals surface area (Å²) in [5.41, 5.74) is 7.30. The molecule has 6 rings (SSSR count). The Labute approximate surface area is 165 Å². The second-order valence-electron chi connectivity index (χ2n) is 8.12. The van der Waals surface area contributed by atoms with E-state index in [-0.39, 0.29) is 0 Å². The van der Waals surface area contributed by atoms with Gasteiger partial charge < -0.3 is 15.4 Å². The van der Waals surface area contributed by atoms with Crippen molar-refractivity contribution in [2.45, 2.75) is 30.8 Å². The van der Waals surface area contributed by atoms with Gasteiger partial charge in [-0.3, -0.25) is 9.69 Å². The maximum absolute atomic E-state index is 11.7. The van der Waals surface area contributed by atoms with Crippen LogP contribution < -0.4 is 15.4 Å². The Bertz CT molecular complexity index is 894. The number of amides is 1. The van der Waals surface area contributed by atoms with E-state index in [1.165, 1.54) is 31.5 Å². The van der Waals surface area contributed by atoms with Gasteiger partial charge in [-0.25, -0.2) is 4.98 Å². The lowest BCUT2D eigenvalue weighted by Gasteiger charge is -2.51. The number of pyridine rings is 1. The topological polar surface area (TPSA) is 71.7 Å². The molecule has 4 aliphatic heterocycles. The summed E-state index contributed by atoms with van der Waals surface area (Å²) in [5, 5.41) is 0. The Morgan fingerprint density at radius 1 is 1.18 bits per heavy atom. The van der Waals surface area contributed by atoms with Gasteiger partial charge >= 0.3 is 0 Å². The molecule has 2 aromatic rings. The van der Waals surface area contributed by atoms with E-state index in [0.717, 1.165) is 18.1 Å². The Balaban J connectivity index is 1.58. The molecule has 4 aliphatic rings. The van der Waals surface area contributed by atoms with Crippen molar-refractivity contribution in [3.63, 3.8) is 0 Å². The van der Waals surface area contributed by atoms with E-state index in [1.54, 1.807) is 19.4 Å². The van der Waals surface area contributed by atoms with Crippen LogP contribution in [-0.2, 0) is 0 Å². The maximum Gasteiger partial charge on any atom is 0.248 e. The highest BCUT2D eigenvalue weighted by Crippen LogP contribution is 2.49. The molecule has 0 saturated carbocycles. The molecule has 0 unspecified atom stereocenters. The summed E-state index contributed by atoms with van der Waals surface area (Å²) in [6.07, 6.45) is 4.15. The van der Waals surface area contributed by atoms with Crippen molar-refractivity contribution in [3.05, 3.63) is 53.7 Å². The zero-order valence-corrected chi connectivity index (χ0v) is 16.1. The Morgan fingerprint density at radius 3 is 2.71 bits per heavy atom. The number of rotatable bonds is 4. The molecule has 0 aliphatic carbocycles. The molecule has 1 aromatic heterocycles. The fourth-order valence-electron chi connectivity index (χ4n) is 5.66. The fraction of sp³-hybridized carbons (Fsp3) is 0.455. The number of para-hydroxylation sites is 1. The third kappa shape index (κ3) is 2.66. The molecule has 5 heterocycles. The summed E-state index contributed by atoms with van der Waals surface area (Å²) in [5.74, 6) is 2.42. The number of nitrogens with two attached hydrogens (primary N) is 1. The van der Waals surface area contributed by atoms with Gasteiger partial charge in [0, 0.05) is 41.9 Å². The standard InChI is InChI=1S/C22H26N4O2/c1-28-18-5-3-2-4-16(18)17-13-26(19-12-15(22(23)27)6-9-24-19)20-14-7-10-25(11-8-14)21(17)20/h2-6,9,12,14,17,20-21H,7-8,10-11,13H2,1H3,(H2,23,27)/t17-,20+,21+/m0/s1. The van der Waals surface area contributed by atoms with Gasteiger partial charge in [-0.15, -0.1) is 0 Å². The average Bonchev–Trinajstić information content (AvgIpc) is 3.17. The van der Waals surface area contributed by atoms with Gasteiger partial charge in [0.05, 0.1) is 7.11 Å². The predicted molar refractivity (Wildman–Crippen MR) is 108 cm³/mol. The number of hydrogen-bond donors (Lipinski definition) is 1. The molecule has 0 radical (unpaired) electrons. The number of benzene rings is 1. The predicted octanol–water partition coefficient (Wildman–Crippen LogP) is 2.26. The van der Waals surface area contributed by atoms with Gasteiger partial charge in [-0.2, -0.15) is 0 Å². The molecule has 6 nitrogen and oxygen atoms in total. The second kappa shape index (κ2) is 6.78. The number of anilines is 1. The molecule has 2 bridgehead atoms. The van der Waals surface area contributed by atoms with E-state index in [1.807, 2.05) is 12.1 Å². The first kappa shape index (κ1) is 17.5. The smallest absolute Gasteiger partial charge is 0.248 e. The summed E-state index contributed by atoms with van der Waals surface area (Å²) in [6, 6.07) is 12.8. The largest absolute Gasteiger partial charge is 0.496 e. The van der Waals surface area contributed by atoms with Crippen molar-refractivity contribution in [1.82, 2.24) is 9.88 Å². The van der Waals surface area contributed by atoms with Gasteiger partial charge in [0.2, 0.25) is 5.91 Å². The Hall–Kier alpha value is -2.60. The Morgan fingerprint density at radius 2 is 1.96 bits per heavy atom. The van der Waals surface area contributed by atoms with Crippen molar-refractivity contribution >= 4 is 11.7 Å². The molecule has 1 amide bonds. The molecule has 0 spiro atoms. The molecule has 3 atom stereocenters. The maximum atomic E-state index is 11.7. The van der Waals surface area contributed by atoms with Crippen LogP contribution in [0, 0.1) is 5.92 Å². The Kier molecular flexibility index (Phi) is 4.23. The third-order valence-electron chi connectivity index (χ3n) is 6.86. The number of carbonyl (C=O) groups is 1. The second-order valence-corrected chi connectivity index (χ2v) is 8.12. The van der Waals surface area contributed by atoms with Gasteiger partial charge in [-0.05, 0) is 50.0 Å². The van der Waals surface area contributed by atoms with Crippen LogP contribution in [0.25, 0.3) is 0 Å². The van der Waals surface area contributed by atoms with Crippen LogP contribution in [0.1, 0.15) is 34.7 Å². The first-order valence-corrected chi connectivity index (χ1v) is 10.1. The minimum Gasteiger partial charge on any atom is -0.496 e. The first-order chi connectivity index (χ1) is 13.7. The third-order valence-corrected chi connectivity index (χ3v) is 6.86. The lowest BCUT2D eigenvalue weighted by Crippen LogP contribution is -2.60. The van der Waals surface area contributed by atoms with Crippen LogP contribution in [0.3, 0.4) is 0 Å². The number of nitrogens with zero attached hydrogens (tertiary/aromatic N) is 3. The van der Waals surface area contributed by atoms with Crippen LogP contribution in [0.2, 0.25) is 0 Å². The average molecular weight is 378 g/mol. The highest BCUT2D eigenvalue weighted by Gasteiger charge is 2.54. The molecular formula is C22H26N4O2. The fourth-order valence-corrected chi connectivity index (χ4v) is 5.66. The van der Waals surface area contributed by atoms with Gasteiger partial charge in [-0.1, -0.05) is 18.2 Å². The molecule has 146 valence electrons. The molecule has 28 heavy (non-hydrogen) atoms. The normalized spacial score (nSPS) is 30.9. The van der Waals surface area contributed by atoms with Crippen molar-refractivity contribution in [1.29, 1.82) is 0 Å². The van der Waals surface area contributed by atoms with Crippen LogP contribution in [0.5, 0.6) is 5.75 Å². The summed E-state index contributed by atoms with van der Waals surface area (Å²) >= 11 is 0. The number of hydrogen-bond acceptors (Lipinski definition) is 5. The van der Waals surface area contributed by atoms with E-state index in [0.29, 0.717) is 29.5 Å². The van der Waals surface area contributed by atoms with E-state index in [9.17, 15) is 4.79 Å². The van der Waals surface area contributed by atoms with Crippen LogP contribution in [-0.4, -0.2) is 54.6 Å². The number of carbonyl (C=O) groups excluding carboxylic acids is 1. The van der Waals surface area contributed by atoms with E-state index in [4.69, 9.17) is 10.5 Å². The molecular weight excluding hydrogens is 352 g/mol. The van der Waals surface area contributed by atoms with Crippen LogP contribution in [0.15, 0.2) is 42.6 Å². The van der Waals surface area contributed by atoms with Gasteiger partial charge in [0.25, 0.3) is 0 Å². The minimum absolute atomic E-state index is 0.350. The lowest BCUT2D eigenvalue weighted by molar-refractivity contribution is 0.0352. The zero-order valence-electron chi connectivity index (χ0n) is 16.1. The molecule has 6 heteroatoms. The first-order valence-electron chi connectivity index (χ1n) is 10.1. The monoisotopic (exact) mass is 378 g/mol. The number of ether oxygens (including phenoxy) is 1. The van der Waals surface area contributed by atoms with Crippen molar-refractivity contribution in [2.75, 3.05) is 31.6 Å². The molecule has 1 aromatic carbocycles. The van der Waals surface area contributed by atoms with Crippen molar-refractivity contribution < 1.29 is 9.53 Å². The van der Waals surface area contributed by atoms with E-state index in [2.05, 4.69) is 33.0 Å². The quantitative estimate of drug-likeness (QED) is 0.884. The summed E-state index contributed by atoms with van der Waals surface area (Å²) in [6.45, 7) is 3.21. The van der Waals surface area contributed by atoms with E-state index < -0.39 is 5.91 Å². The van der Waals surface area contributed by atoms with Gasteiger partial charge in [0.15, 0.2) is 0 Å². The van der Waals surface area contributed by atoms with Crippen molar-refractivity contribution in [3.8, 4) is 5.75 Å². The number of primary amides is 1. The summed E-state index contributed by atoms with van der Waals surface area (Å²) < 4.78 is 5.70. The summed E-state index contributed by atoms with van der Waals surface area (Å²) in [4.78, 5) is 21.4. The minimum atomic E-state index is -0.408. The summed E-state index contributed by atoms with van der Waals surface area (Å²) in [7, 11) is 1.74. The number of fused-ring (bicyclic) bond motifs is 2. The number of aromatic nitrogens is 1. The highest BCUT2D eigenvalue weighted by atomic mass is 16.5. The molecule has 2 N–H and O–H groups in total. The number of methoxy groups -OCH3 is 1. The lowest BCUT2D eigenvalue weighted by atomic mass is 9.75. The van der Waals surface area contributed by atoms with Crippen molar-refractivity contribution in [2.24, 2.45) is 11.7 Å². The van der Waals surface area contributed by atoms with Gasteiger partial charge in [0.1, 0.15) is 11.6 Å². The molecule has 4 saturated heterocycles. The SMILES string of the molecule is COc1ccccc1[C@@H]1CN(c2cc(C(N)=O)ccn2)[C@@H]2C3CCN(CC3)[C@@H]21. The van der Waals surface area contributed by atoms with Crippen LogP contribution in [0.4, 0.5) is 5.82 Å².